The van der Waals surface area contributed by atoms with E-state index in [0.29, 0.717) is 18.1 Å². The first-order valence-electron chi connectivity index (χ1n) is 4.85. The maximum absolute atomic E-state index is 11.9. The first-order chi connectivity index (χ1) is 7.40. The van der Waals surface area contributed by atoms with Gasteiger partial charge >= 0.3 is 6.18 Å². The molecule has 0 amide bonds. The van der Waals surface area contributed by atoms with Gasteiger partial charge in [-0.15, -0.1) is 0 Å². The largest absolute Gasteiger partial charge is 0.390 e. The van der Waals surface area contributed by atoms with Gasteiger partial charge < -0.3 is 11.1 Å². The predicted octanol–water partition coefficient (Wildman–Crippen LogP) is 1.99. The molecule has 0 atom stereocenters. The Bertz CT molecular complexity index is 351. The highest BCUT2D eigenvalue weighted by molar-refractivity contribution is 5.44. The second-order valence-electron chi connectivity index (χ2n) is 3.24. The molecule has 0 radical (unpaired) electrons. The lowest BCUT2D eigenvalue weighted by Crippen LogP contribution is -2.15. The molecule has 16 heavy (non-hydrogen) atoms. The van der Waals surface area contributed by atoms with E-state index in [1.165, 1.54) is 6.07 Å². The number of hydrogen-bond acceptors (Lipinski definition) is 4. The van der Waals surface area contributed by atoms with Crippen LogP contribution in [0.2, 0.25) is 0 Å². The van der Waals surface area contributed by atoms with Crippen molar-refractivity contribution < 1.29 is 13.2 Å². The number of alkyl halides is 3. The minimum absolute atomic E-state index is 0.219. The minimum Gasteiger partial charge on any atom is -0.384 e. The molecule has 0 bridgehead atoms. The lowest BCUT2D eigenvalue weighted by molar-refractivity contribution is -0.131. The maximum atomic E-state index is 11.9. The fourth-order valence-corrected chi connectivity index (χ4v) is 1.10. The Kier molecular flexibility index (Phi) is 3.92. The van der Waals surface area contributed by atoms with Gasteiger partial charge in [-0.1, -0.05) is 6.92 Å². The van der Waals surface area contributed by atoms with E-state index in [-0.39, 0.29) is 12.4 Å². The summed E-state index contributed by atoms with van der Waals surface area (Å²) in [5, 5.41) is 2.57. The van der Waals surface area contributed by atoms with E-state index in [1.807, 2.05) is 6.92 Å². The van der Waals surface area contributed by atoms with E-state index in [0.717, 1.165) is 0 Å². The van der Waals surface area contributed by atoms with Crippen molar-refractivity contribution in [2.45, 2.75) is 25.9 Å². The number of nitrogen functional groups attached to an aromatic ring is 1. The Morgan fingerprint density at radius 2 is 2.06 bits per heavy atom. The van der Waals surface area contributed by atoms with Gasteiger partial charge in [0.05, 0.1) is 6.42 Å². The third-order valence-electron chi connectivity index (χ3n) is 1.82. The van der Waals surface area contributed by atoms with Crippen molar-refractivity contribution in [2.75, 3.05) is 17.6 Å². The van der Waals surface area contributed by atoms with Crippen LogP contribution in [0.4, 0.5) is 24.8 Å². The molecule has 0 fully saturated rings. The number of halogens is 3. The molecule has 0 spiro atoms. The van der Waals surface area contributed by atoms with Crippen LogP contribution in [-0.2, 0) is 6.42 Å². The molecule has 7 heteroatoms. The summed E-state index contributed by atoms with van der Waals surface area (Å²) in [6.45, 7) is 1.62. The van der Waals surface area contributed by atoms with Crippen LogP contribution >= 0.6 is 0 Å². The third kappa shape index (κ3) is 4.33. The van der Waals surface area contributed by atoms with Crippen LogP contribution in [0.5, 0.6) is 0 Å². The molecule has 0 saturated carbocycles. The van der Waals surface area contributed by atoms with Crippen LogP contribution in [0, 0.1) is 0 Å². The van der Waals surface area contributed by atoms with Crippen molar-refractivity contribution in [3.05, 3.63) is 11.9 Å². The van der Waals surface area contributed by atoms with Crippen molar-refractivity contribution in [1.82, 2.24) is 9.97 Å². The SMILES string of the molecule is CCc1nc(N)cc(NCCC(F)(F)F)n1. The summed E-state index contributed by atoms with van der Waals surface area (Å²) in [7, 11) is 0. The number of anilines is 2. The number of aromatic nitrogens is 2. The van der Waals surface area contributed by atoms with Gasteiger partial charge in [-0.3, -0.25) is 0 Å². The zero-order chi connectivity index (χ0) is 12.2. The number of hydrogen-bond donors (Lipinski definition) is 2. The van der Waals surface area contributed by atoms with Gasteiger partial charge in [-0.05, 0) is 0 Å². The first-order valence-corrected chi connectivity index (χ1v) is 4.85. The molecule has 0 aliphatic carbocycles. The predicted molar refractivity (Wildman–Crippen MR) is 55.0 cm³/mol. The number of nitrogens with zero attached hydrogens (tertiary/aromatic N) is 2. The van der Waals surface area contributed by atoms with Crippen molar-refractivity contribution >= 4 is 11.6 Å². The molecule has 0 aliphatic rings. The van der Waals surface area contributed by atoms with E-state index >= 15 is 0 Å². The van der Waals surface area contributed by atoms with E-state index in [9.17, 15) is 13.2 Å². The van der Waals surface area contributed by atoms with E-state index in [2.05, 4.69) is 15.3 Å². The average Bonchev–Trinajstić information content (AvgIpc) is 2.14. The van der Waals surface area contributed by atoms with Crippen LogP contribution in [0.25, 0.3) is 0 Å². The summed E-state index contributed by atoms with van der Waals surface area (Å²) >= 11 is 0. The highest BCUT2D eigenvalue weighted by Crippen LogP contribution is 2.19. The smallest absolute Gasteiger partial charge is 0.384 e. The Balaban J connectivity index is 2.57. The molecule has 3 N–H and O–H groups in total. The molecule has 1 aromatic rings. The quantitative estimate of drug-likeness (QED) is 0.836. The molecular weight excluding hydrogens is 221 g/mol. The van der Waals surface area contributed by atoms with E-state index < -0.39 is 12.6 Å². The van der Waals surface area contributed by atoms with Crippen molar-refractivity contribution in [3.63, 3.8) is 0 Å². The second kappa shape index (κ2) is 5.00. The summed E-state index contributed by atoms with van der Waals surface area (Å²) in [4.78, 5) is 7.92. The van der Waals surface area contributed by atoms with Gasteiger partial charge in [0.1, 0.15) is 17.5 Å². The lowest BCUT2D eigenvalue weighted by Gasteiger charge is -2.09. The maximum Gasteiger partial charge on any atom is 0.390 e. The van der Waals surface area contributed by atoms with Crippen molar-refractivity contribution in [3.8, 4) is 0 Å². The van der Waals surface area contributed by atoms with Gasteiger partial charge in [0.25, 0.3) is 0 Å². The molecule has 4 nitrogen and oxygen atoms in total. The van der Waals surface area contributed by atoms with Crippen LogP contribution < -0.4 is 11.1 Å². The molecule has 1 heterocycles. The summed E-state index contributed by atoms with van der Waals surface area (Å²) < 4.78 is 35.7. The average molecular weight is 234 g/mol. The van der Waals surface area contributed by atoms with Gasteiger partial charge in [-0.25, -0.2) is 9.97 Å². The normalized spacial score (nSPS) is 11.5. The van der Waals surface area contributed by atoms with E-state index in [4.69, 9.17) is 5.73 Å². The Morgan fingerprint density at radius 1 is 1.38 bits per heavy atom. The summed E-state index contributed by atoms with van der Waals surface area (Å²) in [6.07, 6.45) is -4.49. The highest BCUT2D eigenvalue weighted by atomic mass is 19.4. The lowest BCUT2D eigenvalue weighted by atomic mass is 10.4. The van der Waals surface area contributed by atoms with Crippen molar-refractivity contribution in [2.24, 2.45) is 0 Å². The number of aryl methyl sites for hydroxylation is 1. The fourth-order valence-electron chi connectivity index (χ4n) is 1.10. The zero-order valence-corrected chi connectivity index (χ0v) is 8.80. The molecule has 0 aromatic carbocycles. The number of nitrogens with two attached hydrogens (primary N) is 1. The van der Waals surface area contributed by atoms with Crippen LogP contribution in [0.3, 0.4) is 0 Å². The molecule has 1 rings (SSSR count). The summed E-state index contributed by atoms with van der Waals surface area (Å²) in [6, 6.07) is 1.41. The van der Waals surface area contributed by atoms with E-state index in [1.54, 1.807) is 0 Å². The van der Waals surface area contributed by atoms with Gasteiger partial charge in [-0.2, -0.15) is 13.2 Å². The second-order valence-corrected chi connectivity index (χ2v) is 3.24. The fraction of sp³-hybridized carbons (Fsp3) is 0.556. The Morgan fingerprint density at radius 3 is 2.62 bits per heavy atom. The standard InChI is InChI=1S/C9H13F3N4/c1-2-7-15-6(13)5-8(16-7)14-4-3-9(10,11)12/h5H,2-4H2,1H3,(H3,13,14,15,16). The number of rotatable bonds is 4. The third-order valence-corrected chi connectivity index (χ3v) is 1.82. The first kappa shape index (κ1) is 12.5. The zero-order valence-electron chi connectivity index (χ0n) is 8.80. The molecule has 0 unspecified atom stereocenters. The highest BCUT2D eigenvalue weighted by Gasteiger charge is 2.26. The topological polar surface area (TPSA) is 63.8 Å². The Hall–Kier alpha value is -1.53. The molecular formula is C9H13F3N4. The van der Waals surface area contributed by atoms with Crippen LogP contribution in [0.15, 0.2) is 6.07 Å². The monoisotopic (exact) mass is 234 g/mol. The van der Waals surface area contributed by atoms with Crippen molar-refractivity contribution in [1.29, 1.82) is 0 Å². The molecule has 0 aliphatic heterocycles. The minimum atomic E-state index is -4.17. The van der Waals surface area contributed by atoms with Crippen LogP contribution in [-0.4, -0.2) is 22.7 Å². The number of nitrogens with one attached hydrogen (secondary N) is 1. The van der Waals surface area contributed by atoms with Gasteiger partial charge in [0, 0.05) is 19.0 Å². The summed E-state index contributed by atoms with van der Waals surface area (Å²) in [5.74, 6) is 1.09. The van der Waals surface area contributed by atoms with Gasteiger partial charge in [0.2, 0.25) is 0 Å². The van der Waals surface area contributed by atoms with Gasteiger partial charge in [0.15, 0.2) is 0 Å². The molecule has 1 aromatic heterocycles. The molecule has 0 saturated heterocycles. The molecule has 90 valence electrons. The Labute approximate surface area is 91.1 Å². The summed E-state index contributed by atoms with van der Waals surface area (Å²) in [5.41, 5.74) is 5.48. The van der Waals surface area contributed by atoms with Crippen LogP contribution in [0.1, 0.15) is 19.2 Å².